The lowest BCUT2D eigenvalue weighted by atomic mass is 9.56. The van der Waals surface area contributed by atoms with Crippen LogP contribution in [-0.4, -0.2) is 93.4 Å². The Hall–Kier alpha value is -4.56. The Morgan fingerprint density at radius 3 is 2.52 bits per heavy atom. The van der Waals surface area contributed by atoms with E-state index < -0.39 is 30.2 Å². The highest BCUT2D eigenvalue weighted by Crippen LogP contribution is 2.56. The van der Waals surface area contributed by atoms with Crippen molar-refractivity contribution in [3.05, 3.63) is 77.0 Å². The molecule has 2 aromatic carbocycles. The zero-order chi connectivity index (χ0) is 41.2. The quantitative estimate of drug-likeness (QED) is 0.0501. The van der Waals surface area contributed by atoms with Crippen LogP contribution in [0.5, 0.6) is 0 Å². The second-order valence-electron chi connectivity index (χ2n) is 16.8. The van der Waals surface area contributed by atoms with Crippen LogP contribution in [-0.2, 0) is 20.8 Å². The molecule has 1 saturated carbocycles. The van der Waals surface area contributed by atoms with Crippen LogP contribution >= 0.6 is 0 Å². The monoisotopic (exact) mass is 798 g/mol. The highest BCUT2D eigenvalue weighted by molar-refractivity contribution is 5.86. The summed E-state index contributed by atoms with van der Waals surface area (Å²) in [5, 5.41) is 49.2. The first-order valence-corrected chi connectivity index (χ1v) is 21.2. The minimum atomic E-state index is -1.09. The molecule has 2 aliphatic carbocycles. The number of nitrogens with two attached hydrogens (primary N) is 2. The largest absolute Gasteiger partial charge is 0.478 e. The fourth-order valence-corrected chi connectivity index (χ4v) is 10.2. The van der Waals surface area contributed by atoms with Crippen molar-refractivity contribution in [2.24, 2.45) is 34.2 Å². The SMILES string of the molecule is NC1=N[C@@H](/C(=C\C(=O)O)[C@H](Nc2ccc[nH]2)[C@@H]2CC[C@@H]3C[C@H]2[C@@H](CCC[C@@H](N)CC[C@H](C=O)CCCO)c2cc4cc(CC=O)ccc4cc23)C[C@@H]([C@H](O)CCO)N1. The predicted molar refractivity (Wildman–Crippen MR) is 226 cm³/mol. The number of aromatic amines is 1. The van der Waals surface area contributed by atoms with E-state index in [1.807, 2.05) is 24.4 Å². The van der Waals surface area contributed by atoms with Crippen LogP contribution in [0, 0.1) is 17.8 Å². The number of benzene rings is 2. The van der Waals surface area contributed by atoms with Gasteiger partial charge in [0, 0.05) is 43.9 Å². The third-order valence-electron chi connectivity index (χ3n) is 13.0. The van der Waals surface area contributed by atoms with Gasteiger partial charge in [0.2, 0.25) is 0 Å². The Bertz CT molecular complexity index is 1900. The van der Waals surface area contributed by atoms with Crippen LogP contribution in [0.15, 0.2) is 65.3 Å². The van der Waals surface area contributed by atoms with Crippen molar-refractivity contribution in [1.29, 1.82) is 0 Å². The van der Waals surface area contributed by atoms with Gasteiger partial charge in [0.25, 0.3) is 0 Å². The van der Waals surface area contributed by atoms with Crippen molar-refractivity contribution in [2.45, 2.75) is 126 Å². The Labute approximate surface area is 340 Å². The molecule has 1 aromatic heterocycles. The minimum absolute atomic E-state index is 0.000989. The van der Waals surface area contributed by atoms with Gasteiger partial charge in [0.15, 0.2) is 5.96 Å². The first-order chi connectivity index (χ1) is 28.1. The fraction of sp³-hybridized carbons (Fsp3) is 0.556. The molecule has 58 heavy (non-hydrogen) atoms. The number of carbonyl (C=O) groups excluding carboxylic acids is 2. The number of rotatable bonds is 22. The zero-order valence-electron chi connectivity index (χ0n) is 33.3. The average molecular weight is 799 g/mol. The molecule has 1 aliphatic heterocycles. The van der Waals surface area contributed by atoms with Crippen molar-refractivity contribution < 1.29 is 34.8 Å². The van der Waals surface area contributed by atoms with Gasteiger partial charge in [0.05, 0.1) is 24.2 Å². The summed E-state index contributed by atoms with van der Waals surface area (Å²) < 4.78 is 0. The molecule has 13 nitrogen and oxygen atoms in total. The number of nitrogens with one attached hydrogen (secondary N) is 3. The number of carboxylic acid groups (broad SMARTS) is 1. The van der Waals surface area contributed by atoms with Crippen molar-refractivity contribution >= 4 is 41.1 Å². The lowest BCUT2D eigenvalue weighted by Gasteiger charge is -2.50. The number of aliphatic imine (C=N–C) groups is 1. The van der Waals surface area contributed by atoms with Gasteiger partial charge < -0.3 is 57.1 Å². The number of aliphatic hydroxyl groups excluding tert-OH is 3. The molecule has 6 rings (SSSR count). The molecule has 2 heterocycles. The molecule has 1 fully saturated rings. The van der Waals surface area contributed by atoms with Crippen LogP contribution in [0.4, 0.5) is 5.82 Å². The molecule has 11 N–H and O–H groups in total. The molecule has 2 bridgehead atoms. The summed E-state index contributed by atoms with van der Waals surface area (Å²) in [5.41, 5.74) is 17.2. The number of aliphatic carboxylic acids is 1. The molecule has 0 amide bonds. The van der Waals surface area contributed by atoms with Crippen molar-refractivity contribution in [2.75, 3.05) is 18.5 Å². The molecule has 0 unspecified atom stereocenters. The Kier molecular flexibility index (Phi) is 15.1. The highest BCUT2D eigenvalue weighted by atomic mass is 16.4. The molecule has 0 saturated heterocycles. The average Bonchev–Trinajstić information content (AvgIpc) is 3.73. The molecular weight excluding hydrogens is 737 g/mol. The van der Waals surface area contributed by atoms with E-state index >= 15 is 0 Å². The maximum absolute atomic E-state index is 12.7. The van der Waals surface area contributed by atoms with Gasteiger partial charge >= 0.3 is 5.97 Å². The number of fused-ring (bicyclic) bond motifs is 5. The first kappa shape index (κ1) is 43.0. The number of aldehydes is 2. The number of hydrogen-bond donors (Lipinski definition) is 9. The standard InChI is InChI=1S/C45H62N6O7/c46-32(12-9-28(26-55)4-3-17-52)5-1-6-33-36-22-30(35-21-29-10-8-27(14-18-53)20-31(29)23-37(33)35)11-13-34(36)44(51-42-7-2-16-48-42)38(24-43(57)58)39-25-40(41(56)15-19-54)50-45(47)49-39/h2,7-8,10,16,18,20-21,23-24,26,28,30,32-34,36,39-41,44,48,51-52,54,56H,1,3-6,9,11-15,17,19,22,25,46H2,(H,57,58)(H3,47,49,50)/b38-24+/t28-,30-,32-,33-,34-,36+,39-,40+,41-,44-/m1/s1. The molecule has 314 valence electrons. The Morgan fingerprint density at radius 1 is 0.966 bits per heavy atom. The van der Waals surface area contributed by atoms with E-state index in [-0.39, 0.29) is 55.3 Å². The Balaban J connectivity index is 1.36. The number of carboxylic acids is 1. The number of hydrogen-bond acceptors (Lipinski definition) is 11. The molecule has 13 heteroatoms. The molecule has 0 spiro atoms. The van der Waals surface area contributed by atoms with Gasteiger partial charge in [-0.3, -0.25) is 0 Å². The number of aliphatic hydroxyl groups is 3. The normalized spacial score (nSPS) is 25.1. The van der Waals surface area contributed by atoms with Crippen molar-refractivity contribution in [1.82, 2.24) is 10.3 Å². The van der Waals surface area contributed by atoms with Crippen LogP contribution in [0.1, 0.15) is 106 Å². The number of nitrogens with zero attached hydrogens (tertiary/aromatic N) is 1. The summed E-state index contributed by atoms with van der Waals surface area (Å²) in [6.07, 6.45) is 12.8. The lowest BCUT2D eigenvalue weighted by molar-refractivity contribution is -0.131. The second kappa shape index (κ2) is 20.4. The minimum Gasteiger partial charge on any atom is -0.478 e. The number of aromatic nitrogens is 1. The molecule has 3 aliphatic rings. The highest BCUT2D eigenvalue weighted by Gasteiger charge is 2.47. The number of carbonyl (C=O) groups is 3. The maximum Gasteiger partial charge on any atom is 0.328 e. The summed E-state index contributed by atoms with van der Waals surface area (Å²) >= 11 is 0. The molecule has 10 atom stereocenters. The third kappa shape index (κ3) is 10.5. The molecule has 3 aromatic rings. The van der Waals surface area contributed by atoms with Crippen LogP contribution < -0.4 is 22.1 Å². The number of H-pyrrole nitrogens is 1. The summed E-state index contributed by atoms with van der Waals surface area (Å²) in [7, 11) is 0. The van der Waals surface area contributed by atoms with Crippen LogP contribution in [0.25, 0.3) is 10.8 Å². The summed E-state index contributed by atoms with van der Waals surface area (Å²) in [5.74, 6) is 0.308. The summed E-state index contributed by atoms with van der Waals surface area (Å²) in [6, 6.07) is 13.1. The van der Waals surface area contributed by atoms with E-state index in [2.05, 4.69) is 39.9 Å². The number of anilines is 1. The van der Waals surface area contributed by atoms with Gasteiger partial charge in [-0.05, 0) is 139 Å². The summed E-state index contributed by atoms with van der Waals surface area (Å²) in [4.78, 5) is 43.9. The van der Waals surface area contributed by atoms with E-state index in [1.54, 1.807) is 0 Å². The van der Waals surface area contributed by atoms with E-state index in [1.165, 1.54) is 17.2 Å². The van der Waals surface area contributed by atoms with E-state index in [9.17, 15) is 34.8 Å². The van der Waals surface area contributed by atoms with E-state index in [0.717, 1.165) is 79.7 Å². The van der Waals surface area contributed by atoms with Gasteiger partial charge in [-0.2, -0.15) is 0 Å². The lowest BCUT2D eigenvalue weighted by Crippen LogP contribution is -2.54. The first-order valence-electron chi connectivity index (χ1n) is 21.2. The van der Waals surface area contributed by atoms with Gasteiger partial charge in [0.1, 0.15) is 18.4 Å². The maximum atomic E-state index is 12.7. The van der Waals surface area contributed by atoms with Gasteiger partial charge in [-0.1, -0.05) is 36.8 Å². The third-order valence-corrected chi connectivity index (χ3v) is 13.0. The smallest absolute Gasteiger partial charge is 0.328 e. The fourth-order valence-electron chi connectivity index (χ4n) is 10.2. The van der Waals surface area contributed by atoms with E-state index in [0.29, 0.717) is 43.6 Å². The summed E-state index contributed by atoms with van der Waals surface area (Å²) in [6.45, 7) is -0.134. The molecule has 0 radical (unpaired) electrons. The second-order valence-corrected chi connectivity index (χ2v) is 16.8. The Morgan fingerprint density at radius 2 is 1.79 bits per heavy atom. The zero-order valence-corrected chi connectivity index (χ0v) is 33.3. The predicted octanol–water partition coefficient (Wildman–Crippen LogP) is 4.65. The number of guanidine groups is 1. The van der Waals surface area contributed by atoms with Crippen LogP contribution in [0.3, 0.4) is 0 Å². The van der Waals surface area contributed by atoms with Gasteiger partial charge in [-0.15, -0.1) is 0 Å². The van der Waals surface area contributed by atoms with Crippen molar-refractivity contribution in [3.63, 3.8) is 0 Å². The molecular formula is C45H62N6O7. The van der Waals surface area contributed by atoms with Crippen LogP contribution in [0.2, 0.25) is 0 Å². The van der Waals surface area contributed by atoms with Crippen molar-refractivity contribution in [3.8, 4) is 0 Å². The van der Waals surface area contributed by atoms with Gasteiger partial charge in [-0.25, -0.2) is 9.79 Å². The van der Waals surface area contributed by atoms with E-state index in [4.69, 9.17) is 16.5 Å². The topological polar surface area (TPSA) is 236 Å².